The topological polar surface area (TPSA) is 294 Å². The first-order valence-electron chi connectivity index (χ1n) is 26.8. The fraction of sp³-hybridized carbons (Fsp3) is 0.463. The number of nitrogens with zero attached hydrogens (tertiary/aromatic N) is 4. The second kappa shape index (κ2) is 34.5. The third-order valence-electron chi connectivity index (χ3n) is 12.7. The number of aromatic nitrogens is 2. The number of ether oxygens (including phenoxy) is 5. The minimum absolute atomic E-state index is 0.217. The summed E-state index contributed by atoms with van der Waals surface area (Å²) in [6, 6.07) is 16.6. The molecule has 2 aliphatic rings. The summed E-state index contributed by atoms with van der Waals surface area (Å²) >= 11 is 1.66. The van der Waals surface area contributed by atoms with E-state index in [1.54, 1.807) is 94.9 Å². The normalized spacial score (nSPS) is 14.4. The van der Waals surface area contributed by atoms with Gasteiger partial charge in [-0.05, 0) is 56.3 Å². The number of carbonyl (C=O) groups excluding carboxylic acids is 6. The number of benzene rings is 2. The van der Waals surface area contributed by atoms with Crippen molar-refractivity contribution in [3.8, 4) is 11.5 Å². The number of thioether (sulfide) groups is 1. The van der Waals surface area contributed by atoms with Gasteiger partial charge < -0.3 is 45.0 Å². The highest BCUT2D eigenvalue weighted by atomic mass is 32.2. The van der Waals surface area contributed by atoms with Crippen molar-refractivity contribution in [2.24, 2.45) is 0 Å². The SMILES string of the molecule is COc1cc(NC(=O)C(C)[n+]2cccc(CONCCSCCNC(=O)c3ccc[n+](C(C)OC=[NH+]c4ccc(NNC(=O)C(=O)NCCCN5CCOCC5)c(OC)c4)c3)c2)ccc1NNC(=O)C(=O)NCCCN1CCOCC1. The predicted molar refractivity (Wildman–Crippen MR) is 301 cm³/mol. The molecular weight excluding hydrogens is 1070 g/mol. The van der Waals surface area contributed by atoms with Crippen LogP contribution in [0.5, 0.6) is 11.5 Å². The van der Waals surface area contributed by atoms with Crippen LogP contribution in [-0.4, -0.2) is 169 Å². The Kier molecular flexibility index (Phi) is 26.6. The van der Waals surface area contributed by atoms with Crippen LogP contribution in [0.3, 0.4) is 0 Å². The molecule has 0 saturated carbocycles. The number of pyridine rings is 2. The third-order valence-corrected chi connectivity index (χ3v) is 13.7. The van der Waals surface area contributed by atoms with Crippen LogP contribution in [0, 0.1) is 0 Å². The highest BCUT2D eigenvalue weighted by Crippen LogP contribution is 2.28. The number of hydrogen-bond acceptors (Lipinski definition) is 18. The predicted octanol–water partition coefficient (Wildman–Crippen LogP) is -0.798. The van der Waals surface area contributed by atoms with Gasteiger partial charge in [0, 0.05) is 113 Å². The molecule has 4 heterocycles. The number of amides is 6. The summed E-state index contributed by atoms with van der Waals surface area (Å²) in [4.78, 5) is 89.0. The number of nitrogens with one attached hydrogen (secondary N) is 10. The maximum Gasteiger partial charge on any atom is 0.333 e. The Labute approximate surface area is 475 Å². The molecule has 0 radical (unpaired) electrons. The first-order valence-corrected chi connectivity index (χ1v) is 28.0. The van der Waals surface area contributed by atoms with Crippen molar-refractivity contribution in [2.75, 3.05) is 134 Å². The largest absolute Gasteiger partial charge is 0.494 e. The van der Waals surface area contributed by atoms with Gasteiger partial charge in [-0.25, -0.2) is 5.48 Å². The Balaban J connectivity index is 0.814. The monoisotopic (exact) mass is 1150 g/mol. The minimum atomic E-state index is -0.852. The number of rotatable bonds is 31. The molecule has 0 aliphatic carbocycles. The molecule has 2 aliphatic heterocycles. The molecule has 4 aromatic rings. The quantitative estimate of drug-likeness (QED) is 0.00737. The molecule has 6 amide bonds. The van der Waals surface area contributed by atoms with Gasteiger partial charge in [0.25, 0.3) is 11.8 Å². The fourth-order valence-electron chi connectivity index (χ4n) is 8.07. The second-order valence-corrected chi connectivity index (χ2v) is 19.8. The number of anilines is 3. The van der Waals surface area contributed by atoms with Crippen molar-refractivity contribution in [3.05, 3.63) is 96.6 Å². The van der Waals surface area contributed by atoms with Crippen molar-refractivity contribution >= 4 is 76.4 Å². The molecule has 2 aromatic carbocycles. The van der Waals surface area contributed by atoms with Gasteiger partial charge in [-0.1, -0.05) is 0 Å². The number of hydrazine groups is 2. The second-order valence-electron chi connectivity index (χ2n) is 18.5. The summed E-state index contributed by atoms with van der Waals surface area (Å²) in [6.45, 7) is 13.5. The van der Waals surface area contributed by atoms with Crippen LogP contribution in [0.2, 0.25) is 0 Å². The molecule has 81 heavy (non-hydrogen) atoms. The van der Waals surface area contributed by atoms with Gasteiger partial charge in [-0.2, -0.15) is 25.9 Å². The Morgan fingerprint density at radius 2 is 1.28 bits per heavy atom. The van der Waals surface area contributed by atoms with E-state index in [1.807, 2.05) is 25.3 Å². The van der Waals surface area contributed by atoms with Gasteiger partial charge in [0.05, 0.1) is 64.7 Å². The van der Waals surface area contributed by atoms with Crippen LogP contribution in [-0.2, 0) is 49.6 Å². The van der Waals surface area contributed by atoms with Gasteiger partial charge in [-0.15, -0.1) is 0 Å². The Morgan fingerprint density at radius 3 is 1.93 bits per heavy atom. The van der Waals surface area contributed by atoms with E-state index < -0.39 is 35.9 Å². The van der Waals surface area contributed by atoms with E-state index in [2.05, 4.69) is 63.2 Å². The molecule has 2 atom stereocenters. The smallest absolute Gasteiger partial charge is 0.333 e. The lowest BCUT2D eigenvalue weighted by Gasteiger charge is -2.26. The van der Waals surface area contributed by atoms with E-state index in [-0.39, 0.29) is 18.4 Å². The van der Waals surface area contributed by atoms with Crippen LogP contribution < -0.4 is 72.1 Å². The van der Waals surface area contributed by atoms with E-state index in [1.165, 1.54) is 20.6 Å². The zero-order chi connectivity index (χ0) is 57.6. The zero-order valence-corrected chi connectivity index (χ0v) is 47.2. The zero-order valence-electron chi connectivity index (χ0n) is 46.3. The van der Waals surface area contributed by atoms with Crippen molar-refractivity contribution in [1.82, 2.24) is 42.1 Å². The van der Waals surface area contributed by atoms with Crippen LogP contribution in [0.25, 0.3) is 0 Å². The molecule has 6 rings (SSSR count). The van der Waals surface area contributed by atoms with E-state index in [0.29, 0.717) is 105 Å². The van der Waals surface area contributed by atoms with Crippen molar-refractivity contribution in [1.29, 1.82) is 0 Å². The number of morpholine rings is 2. The third kappa shape index (κ3) is 21.7. The van der Waals surface area contributed by atoms with Crippen molar-refractivity contribution < 1.29 is 71.4 Å². The molecular formula is C54H77N14O12S+3. The first-order chi connectivity index (χ1) is 39.4. The summed E-state index contributed by atoms with van der Waals surface area (Å²) in [5.41, 5.74) is 16.4. The lowest BCUT2D eigenvalue weighted by molar-refractivity contribution is -0.753. The van der Waals surface area contributed by atoms with Gasteiger partial charge in [-0.3, -0.25) is 65.1 Å². The molecule has 10 N–H and O–H groups in total. The van der Waals surface area contributed by atoms with Gasteiger partial charge in [0.2, 0.25) is 11.7 Å². The molecule has 0 bridgehead atoms. The van der Waals surface area contributed by atoms with Crippen LogP contribution in [0.4, 0.5) is 22.7 Å². The number of methoxy groups -OCH3 is 2. The molecule has 2 saturated heterocycles. The van der Waals surface area contributed by atoms with Gasteiger partial charge in [0.1, 0.15) is 17.1 Å². The fourth-order valence-corrected chi connectivity index (χ4v) is 8.75. The lowest BCUT2D eigenvalue weighted by Crippen LogP contribution is -2.62. The minimum Gasteiger partial charge on any atom is -0.494 e. The Hall–Kier alpha value is -7.66. The van der Waals surface area contributed by atoms with Crippen LogP contribution in [0.15, 0.2) is 85.5 Å². The molecule has 2 aromatic heterocycles. The number of carbonyl (C=O) groups is 6. The summed E-state index contributed by atoms with van der Waals surface area (Å²) in [6.07, 6.45) is 9.52. The first kappa shape index (κ1) is 62.5. The Morgan fingerprint density at radius 1 is 0.691 bits per heavy atom. The van der Waals surface area contributed by atoms with E-state index in [0.717, 1.165) is 57.0 Å². The average Bonchev–Trinajstić information content (AvgIpc) is 3.54. The number of hydrogen-bond donors (Lipinski definition) is 10. The summed E-state index contributed by atoms with van der Waals surface area (Å²) in [5, 5.41) is 11.1. The maximum atomic E-state index is 13.3. The van der Waals surface area contributed by atoms with Crippen LogP contribution >= 0.6 is 11.8 Å². The highest BCUT2D eigenvalue weighted by Gasteiger charge is 2.24. The van der Waals surface area contributed by atoms with Gasteiger partial charge >= 0.3 is 36.3 Å². The summed E-state index contributed by atoms with van der Waals surface area (Å²) in [5.74, 6) is -1.53. The molecule has 27 heteroatoms. The summed E-state index contributed by atoms with van der Waals surface area (Å²) in [7, 11) is 2.94. The van der Waals surface area contributed by atoms with E-state index in [9.17, 15) is 28.8 Å². The number of hydroxylamine groups is 1. The molecule has 2 fully saturated rings. The maximum absolute atomic E-state index is 13.3. The van der Waals surface area contributed by atoms with E-state index >= 15 is 0 Å². The van der Waals surface area contributed by atoms with Gasteiger partial charge in [0.15, 0.2) is 24.8 Å². The van der Waals surface area contributed by atoms with E-state index in [4.69, 9.17) is 28.5 Å². The van der Waals surface area contributed by atoms with Crippen molar-refractivity contribution in [2.45, 2.75) is 45.6 Å². The average molecular weight is 1150 g/mol. The molecule has 0 spiro atoms. The Bertz CT molecular complexity index is 2710. The van der Waals surface area contributed by atoms with Crippen molar-refractivity contribution in [3.63, 3.8) is 0 Å². The molecule has 438 valence electrons. The molecule has 26 nitrogen and oxygen atoms in total. The molecule has 2 unspecified atom stereocenters. The highest BCUT2D eigenvalue weighted by molar-refractivity contribution is 7.99. The summed E-state index contributed by atoms with van der Waals surface area (Å²) < 4.78 is 31.1. The van der Waals surface area contributed by atoms with Crippen LogP contribution in [0.1, 0.15) is 54.9 Å². The lowest BCUT2D eigenvalue weighted by atomic mass is 10.2. The standard InChI is InChI=1S/C54H74N14O12S/c1-39(49(69)60-44-12-14-46(48(34-44)76-4)62-64-54(74)52(72)56-16-8-20-66-25-29-78-30-26-66)67-21-5-9-41(35-67)37-80-59-18-32-81-31-17-57-50(70)42-10-6-22-68(36-42)40(2)79-38-58-43-11-13-45(47(33-43)75-3)61-63-53(73)51(71)55-15-7-19-65-23-27-77-28-24-65/h5-6,9-14,21-22,33-36,38-40,59H,7-8,15-20,23-32,37H2,1-4H3,(H6-2,55,56,57,60,61,62,63,64,69,70,71,72,73,74)/p+3.